The van der Waals surface area contributed by atoms with Crippen molar-refractivity contribution in [2.75, 3.05) is 6.61 Å². The van der Waals surface area contributed by atoms with Crippen LogP contribution in [0.3, 0.4) is 0 Å². The smallest absolute Gasteiger partial charge is 0.256 e. The van der Waals surface area contributed by atoms with Gasteiger partial charge < -0.3 is 4.74 Å². The number of para-hydroxylation sites is 1. The van der Waals surface area contributed by atoms with Gasteiger partial charge in [-0.1, -0.05) is 50.3 Å². The van der Waals surface area contributed by atoms with E-state index in [0.717, 1.165) is 12.8 Å². The van der Waals surface area contributed by atoms with Crippen molar-refractivity contribution in [1.82, 2.24) is 0 Å². The molecule has 2 nitrogen and oxygen atoms in total. The number of hydrogen-bond acceptors (Lipinski definition) is 2. The Balaban J connectivity index is 2.07. The molecule has 21 heavy (non-hydrogen) atoms. The zero-order chi connectivity index (χ0) is 15.3. The molecule has 3 heteroatoms. The Kier molecular flexibility index (Phi) is 9.64. The molecule has 0 aliphatic rings. The maximum Gasteiger partial charge on any atom is 0.256 e. The van der Waals surface area contributed by atoms with Gasteiger partial charge in [0.1, 0.15) is 5.75 Å². The molecule has 0 aromatic heterocycles. The Bertz CT molecular complexity index is 429. The van der Waals surface area contributed by atoms with Crippen LogP contribution < -0.4 is 4.74 Å². The first-order valence-corrected chi connectivity index (χ1v) is 8.16. The molecule has 1 aromatic rings. The average molecular weight is 309 g/mol. The number of unbranched alkanes of at least 4 members (excludes halogenated alkanes) is 7. The van der Waals surface area contributed by atoms with E-state index in [9.17, 15) is 4.79 Å². The van der Waals surface area contributed by atoms with Gasteiger partial charge in [-0.3, -0.25) is 4.79 Å². The van der Waals surface area contributed by atoms with Gasteiger partial charge in [-0.15, -0.1) is 6.58 Å². The van der Waals surface area contributed by atoms with Gasteiger partial charge in [-0.2, -0.15) is 0 Å². The van der Waals surface area contributed by atoms with Crippen LogP contribution in [0.1, 0.15) is 61.7 Å². The molecule has 1 rings (SSSR count). The quantitative estimate of drug-likeness (QED) is 0.279. The zero-order valence-corrected chi connectivity index (χ0v) is 13.4. The lowest BCUT2D eigenvalue weighted by Crippen LogP contribution is -2.01. The third-order valence-corrected chi connectivity index (χ3v) is 3.61. The molecular weight excluding hydrogens is 284 g/mol. The molecule has 0 N–H and O–H groups in total. The van der Waals surface area contributed by atoms with E-state index in [1.807, 2.05) is 12.1 Å². The maximum absolute atomic E-state index is 11.2. The molecule has 0 fully saturated rings. The first-order valence-electron chi connectivity index (χ1n) is 7.78. The molecule has 0 saturated carbocycles. The van der Waals surface area contributed by atoms with Crippen LogP contribution in [-0.2, 0) is 0 Å². The van der Waals surface area contributed by atoms with Gasteiger partial charge in [0.25, 0.3) is 5.24 Å². The fraction of sp³-hybridized carbons (Fsp3) is 0.500. The summed E-state index contributed by atoms with van der Waals surface area (Å²) in [4.78, 5) is 11.2. The summed E-state index contributed by atoms with van der Waals surface area (Å²) in [6, 6.07) is 7.11. The number of rotatable bonds is 12. The zero-order valence-electron chi connectivity index (χ0n) is 12.7. The Hall–Kier alpha value is -1.28. The van der Waals surface area contributed by atoms with Crippen molar-refractivity contribution in [3.05, 3.63) is 42.5 Å². The third-order valence-electron chi connectivity index (χ3n) is 3.41. The van der Waals surface area contributed by atoms with Crippen molar-refractivity contribution in [1.29, 1.82) is 0 Å². The lowest BCUT2D eigenvalue weighted by atomic mass is 10.1. The van der Waals surface area contributed by atoms with Crippen LogP contribution in [0.4, 0.5) is 0 Å². The van der Waals surface area contributed by atoms with Gasteiger partial charge in [0.2, 0.25) is 0 Å². The van der Waals surface area contributed by atoms with Gasteiger partial charge >= 0.3 is 0 Å². The van der Waals surface area contributed by atoms with Crippen LogP contribution in [0, 0.1) is 0 Å². The fourth-order valence-electron chi connectivity index (χ4n) is 2.21. The normalized spacial score (nSPS) is 10.3. The van der Waals surface area contributed by atoms with Crippen molar-refractivity contribution >= 4 is 16.8 Å². The maximum atomic E-state index is 11.2. The van der Waals surface area contributed by atoms with Crippen LogP contribution >= 0.6 is 11.6 Å². The first-order chi connectivity index (χ1) is 10.3. The molecule has 0 spiro atoms. The van der Waals surface area contributed by atoms with Gasteiger partial charge in [-0.25, -0.2) is 0 Å². The molecule has 0 radical (unpaired) electrons. The molecule has 116 valence electrons. The summed E-state index contributed by atoms with van der Waals surface area (Å²) >= 11 is 5.52. The Morgan fingerprint density at radius 3 is 2.33 bits per heavy atom. The number of halogens is 1. The van der Waals surface area contributed by atoms with E-state index in [0.29, 0.717) is 17.9 Å². The summed E-state index contributed by atoms with van der Waals surface area (Å²) in [6.07, 6.45) is 11.7. The van der Waals surface area contributed by atoms with Crippen LogP contribution in [-0.4, -0.2) is 11.8 Å². The highest BCUT2D eigenvalue weighted by atomic mass is 35.5. The minimum absolute atomic E-state index is 0.446. The van der Waals surface area contributed by atoms with E-state index >= 15 is 0 Å². The number of hydrogen-bond donors (Lipinski definition) is 0. The monoisotopic (exact) mass is 308 g/mol. The highest BCUT2D eigenvalue weighted by Gasteiger charge is 2.08. The fourth-order valence-corrected chi connectivity index (χ4v) is 2.37. The van der Waals surface area contributed by atoms with Crippen LogP contribution in [0.5, 0.6) is 5.75 Å². The molecule has 0 unspecified atom stereocenters. The summed E-state index contributed by atoms with van der Waals surface area (Å²) in [6.45, 7) is 4.36. The van der Waals surface area contributed by atoms with Gasteiger partial charge in [-0.05, 0) is 43.0 Å². The molecule has 0 heterocycles. The predicted octanol–water partition coefficient (Wildman–Crippen LogP) is 5.75. The van der Waals surface area contributed by atoms with E-state index < -0.39 is 5.24 Å². The van der Waals surface area contributed by atoms with E-state index in [1.54, 1.807) is 18.2 Å². The van der Waals surface area contributed by atoms with Crippen LogP contribution in [0.15, 0.2) is 36.9 Å². The second-order valence-corrected chi connectivity index (χ2v) is 5.51. The number of carbonyl (C=O) groups excluding carboxylic acids is 1. The number of allylic oxidation sites excluding steroid dienone is 1. The highest BCUT2D eigenvalue weighted by Crippen LogP contribution is 2.20. The molecule has 1 aromatic carbocycles. The predicted molar refractivity (Wildman–Crippen MR) is 89.3 cm³/mol. The topological polar surface area (TPSA) is 26.3 Å². The minimum atomic E-state index is -0.467. The van der Waals surface area contributed by atoms with Crippen LogP contribution in [0.25, 0.3) is 0 Å². The summed E-state index contributed by atoms with van der Waals surface area (Å²) in [7, 11) is 0. The number of ether oxygens (including phenoxy) is 1. The molecule has 0 aliphatic heterocycles. The summed E-state index contributed by atoms with van der Waals surface area (Å²) in [5.74, 6) is 0.585. The molecule has 0 aliphatic carbocycles. The largest absolute Gasteiger partial charge is 0.493 e. The minimum Gasteiger partial charge on any atom is -0.493 e. The Morgan fingerprint density at radius 2 is 1.67 bits per heavy atom. The molecule has 0 atom stereocenters. The SMILES string of the molecule is C=CCCCCCCCCCOc1ccccc1C(=O)Cl. The van der Waals surface area contributed by atoms with E-state index in [1.165, 1.54) is 38.5 Å². The molecule has 0 saturated heterocycles. The van der Waals surface area contributed by atoms with E-state index in [-0.39, 0.29) is 0 Å². The molecule has 0 bridgehead atoms. The average Bonchev–Trinajstić information content (AvgIpc) is 2.49. The van der Waals surface area contributed by atoms with Crippen molar-refractivity contribution in [2.45, 2.75) is 51.4 Å². The second kappa shape index (κ2) is 11.4. The highest BCUT2D eigenvalue weighted by molar-refractivity contribution is 6.68. The number of carbonyl (C=O) groups is 1. The van der Waals surface area contributed by atoms with E-state index in [4.69, 9.17) is 16.3 Å². The summed E-state index contributed by atoms with van der Waals surface area (Å²) in [5, 5.41) is -0.467. The molecule has 0 amide bonds. The van der Waals surface area contributed by atoms with E-state index in [2.05, 4.69) is 6.58 Å². The lowest BCUT2D eigenvalue weighted by Gasteiger charge is -2.08. The summed E-state index contributed by atoms with van der Waals surface area (Å²) in [5.41, 5.74) is 0.446. The summed E-state index contributed by atoms with van der Waals surface area (Å²) < 4.78 is 5.64. The first kappa shape index (κ1) is 17.8. The Labute approximate surface area is 133 Å². The lowest BCUT2D eigenvalue weighted by molar-refractivity contribution is 0.107. The van der Waals surface area contributed by atoms with Gasteiger partial charge in [0.05, 0.1) is 12.2 Å². The molecular formula is C18H25ClO2. The second-order valence-electron chi connectivity index (χ2n) is 5.17. The van der Waals surface area contributed by atoms with Gasteiger partial charge in [0, 0.05) is 0 Å². The third kappa shape index (κ3) is 7.91. The van der Waals surface area contributed by atoms with Gasteiger partial charge in [0.15, 0.2) is 0 Å². The standard InChI is InChI=1S/C18H25ClO2/c1-2-3-4-5-6-7-8-9-12-15-21-17-14-11-10-13-16(17)18(19)20/h2,10-11,13-14H,1,3-9,12,15H2. The van der Waals surface area contributed by atoms with Crippen molar-refractivity contribution in [2.24, 2.45) is 0 Å². The van der Waals surface area contributed by atoms with Crippen LogP contribution in [0.2, 0.25) is 0 Å². The number of benzene rings is 1. The van der Waals surface area contributed by atoms with Crippen molar-refractivity contribution in [3.63, 3.8) is 0 Å². The van der Waals surface area contributed by atoms with Crippen molar-refractivity contribution in [3.8, 4) is 5.75 Å². The Morgan fingerprint density at radius 1 is 1.05 bits per heavy atom. The van der Waals surface area contributed by atoms with Crippen molar-refractivity contribution < 1.29 is 9.53 Å².